The van der Waals surface area contributed by atoms with Crippen molar-refractivity contribution in [2.75, 3.05) is 18.4 Å². The smallest absolute Gasteiger partial charge is 0.280 e. The van der Waals surface area contributed by atoms with Crippen molar-refractivity contribution in [3.63, 3.8) is 0 Å². The molecule has 2 aliphatic rings. The molecule has 1 saturated heterocycles. The number of guanidine groups is 1. The molecule has 0 aromatic heterocycles. The second kappa shape index (κ2) is 8.75. The van der Waals surface area contributed by atoms with Crippen molar-refractivity contribution in [3.8, 4) is 0 Å². The van der Waals surface area contributed by atoms with E-state index >= 15 is 4.39 Å². The van der Waals surface area contributed by atoms with Gasteiger partial charge in [-0.2, -0.15) is 4.99 Å². The lowest BCUT2D eigenvalue weighted by Gasteiger charge is -2.15. The summed E-state index contributed by atoms with van der Waals surface area (Å²) >= 11 is 0. The molecule has 4 N–H and O–H groups in total. The molecule has 2 amide bonds. The molecule has 1 heterocycles. The molecule has 0 atom stereocenters. The van der Waals surface area contributed by atoms with Crippen molar-refractivity contribution in [2.45, 2.75) is 38.6 Å². The normalized spacial score (nSPS) is 15.3. The summed E-state index contributed by atoms with van der Waals surface area (Å²) in [6.45, 7) is 5.18. The third-order valence-electron chi connectivity index (χ3n) is 5.12. The first-order valence-electron chi connectivity index (χ1n) is 10.5. The minimum Gasteiger partial charge on any atom is -0.354 e. The number of benzene rings is 2. The first kappa shape index (κ1) is 20.8. The summed E-state index contributed by atoms with van der Waals surface area (Å²) in [5.41, 5.74) is 2.42. The lowest BCUT2D eigenvalue weighted by atomic mass is 10.0. The van der Waals surface area contributed by atoms with Crippen LogP contribution >= 0.6 is 0 Å². The molecule has 162 valence electrons. The van der Waals surface area contributed by atoms with Gasteiger partial charge in [-0.1, -0.05) is 6.07 Å². The van der Waals surface area contributed by atoms with E-state index in [0.29, 0.717) is 36.0 Å². The zero-order valence-electron chi connectivity index (χ0n) is 17.6. The van der Waals surface area contributed by atoms with Gasteiger partial charge in [-0.05, 0) is 68.5 Å². The summed E-state index contributed by atoms with van der Waals surface area (Å²) in [6.07, 6.45) is 1.89. The van der Waals surface area contributed by atoms with Crippen molar-refractivity contribution in [1.82, 2.24) is 16.0 Å². The fourth-order valence-electron chi connectivity index (χ4n) is 3.50. The summed E-state index contributed by atoms with van der Waals surface area (Å²) in [4.78, 5) is 28.8. The number of hydrogen-bond donors (Lipinski definition) is 4. The largest absolute Gasteiger partial charge is 0.354 e. The molecule has 1 aliphatic heterocycles. The predicted octanol–water partition coefficient (Wildman–Crippen LogP) is 3.27. The van der Waals surface area contributed by atoms with Crippen LogP contribution < -0.4 is 21.3 Å². The Morgan fingerprint density at radius 2 is 1.84 bits per heavy atom. The standard InChI is InChI=1S/C23H26FN5O2/c1-13(2)27-21(30)15-4-3-5-17(10-15)28-20-18(14-6-7-14)11-16(12-19(20)24)22(31)29-23-25-8-9-26-23/h3-5,10-14,28H,6-9H2,1-2H3,(H,27,30)(H2,25,26,29,31). The highest BCUT2D eigenvalue weighted by Crippen LogP contribution is 2.45. The molecule has 8 heteroatoms. The van der Waals surface area contributed by atoms with E-state index in [2.05, 4.69) is 26.3 Å². The highest BCUT2D eigenvalue weighted by atomic mass is 19.1. The van der Waals surface area contributed by atoms with E-state index in [1.807, 2.05) is 13.8 Å². The van der Waals surface area contributed by atoms with Crippen LogP contribution in [0.1, 0.15) is 58.9 Å². The van der Waals surface area contributed by atoms with Gasteiger partial charge >= 0.3 is 0 Å². The molecular formula is C23H26FN5O2. The molecule has 0 radical (unpaired) electrons. The van der Waals surface area contributed by atoms with Crippen molar-refractivity contribution < 1.29 is 14.0 Å². The number of hydrogen-bond acceptors (Lipinski definition) is 3. The topological polar surface area (TPSA) is 94.6 Å². The molecular weight excluding hydrogens is 397 g/mol. The van der Waals surface area contributed by atoms with Crippen LogP contribution in [0.3, 0.4) is 0 Å². The SMILES string of the molecule is CC(C)NC(=O)c1cccc(Nc2c(F)cc(C(=O)N=C3NCCN3)cc2C2CC2)c1. The second-order valence-corrected chi connectivity index (χ2v) is 8.15. The van der Waals surface area contributed by atoms with Crippen LogP contribution in [0.25, 0.3) is 0 Å². The van der Waals surface area contributed by atoms with Crippen LogP contribution in [0.2, 0.25) is 0 Å². The van der Waals surface area contributed by atoms with Gasteiger partial charge in [0.15, 0.2) is 5.96 Å². The molecule has 1 aliphatic carbocycles. The highest BCUT2D eigenvalue weighted by Gasteiger charge is 2.29. The Morgan fingerprint density at radius 3 is 2.52 bits per heavy atom. The Labute approximate surface area is 180 Å². The van der Waals surface area contributed by atoms with E-state index in [1.54, 1.807) is 30.3 Å². The van der Waals surface area contributed by atoms with Gasteiger partial charge in [-0.25, -0.2) is 4.39 Å². The zero-order chi connectivity index (χ0) is 22.0. The van der Waals surface area contributed by atoms with Gasteiger partial charge in [0.2, 0.25) is 0 Å². The van der Waals surface area contributed by atoms with Gasteiger partial charge in [0.05, 0.1) is 5.69 Å². The lowest BCUT2D eigenvalue weighted by molar-refractivity contribution is 0.0942. The fourth-order valence-corrected chi connectivity index (χ4v) is 3.50. The molecule has 31 heavy (non-hydrogen) atoms. The Kier molecular flexibility index (Phi) is 5.88. The Morgan fingerprint density at radius 1 is 1.10 bits per heavy atom. The molecule has 0 spiro atoms. The van der Waals surface area contributed by atoms with Crippen LogP contribution in [0.4, 0.5) is 15.8 Å². The third-order valence-corrected chi connectivity index (χ3v) is 5.12. The fraction of sp³-hybridized carbons (Fsp3) is 0.348. The number of carbonyl (C=O) groups excluding carboxylic acids is 2. The summed E-state index contributed by atoms with van der Waals surface area (Å²) in [7, 11) is 0. The third kappa shape index (κ3) is 5.02. The maximum atomic E-state index is 15.1. The maximum Gasteiger partial charge on any atom is 0.280 e. The van der Waals surface area contributed by atoms with Gasteiger partial charge < -0.3 is 21.3 Å². The zero-order valence-corrected chi connectivity index (χ0v) is 17.6. The summed E-state index contributed by atoms with van der Waals surface area (Å²) < 4.78 is 15.1. The molecule has 2 aromatic carbocycles. The molecule has 0 unspecified atom stereocenters. The van der Waals surface area contributed by atoms with E-state index in [0.717, 1.165) is 18.4 Å². The maximum absolute atomic E-state index is 15.1. The average Bonchev–Trinajstić information content (AvgIpc) is 3.45. The Hall–Kier alpha value is -3.42. The molecule has 2 aromatic rings. The number of amides is 2. The summed E-state index contributed by atoms with van der Waals surface area (Å²) in [5.74, 6) is -0.575. The van der Waals surface area contributed by atoms with Crippen molar-refractivity contribution in [3.05, 3.63) is 58.9 Å². The number of rotatable bonds is 6. The number of nitrogens with zero attached hydrogens (tertiary/aromatic N) is 1. The van der Waals surface area contributed by atoms with Gasteiger partial charge in [0, 0.05) is 35.9 Å². The predicted molar refractivity (Wildman–Crippen MR) is 118 cm³/mol. The molecule has 4 rings (SSSR count). The van der Waals surface area contributed by atoms with Gasteiger partial charge in [-0.3, -0.25) is 9.59 Å². The minimum absolute atomic E-state index is 0.0197. The second-order valence-electron chi connectivity index (χ2n) is 8.15. The van der Waals surface area contributed by atoms with Crippen molar-refractivity contribution >= 4 is 29.1 Å². The number of halogens is 1. The Balaban J connectivity index is 1.61. The number of anilines is 2. The first-order chi connectivity index (χ1) is 14.9. The molecule has 1 saturated carbocycles. The summed E-state index contributed by atoms with van der Waals surface area (Å²) in [5, 5.41) is 11.9. The van der Waals surface area contributed by atoms with E-state index in [4.69, 9.17) is 0 Å². The van der Waals surface area contributed by atoms with E-state index in [-0.39, 0.29) is 23.4 Å². The average molecular weight is 423 g/mol. The van der Waals surface area contributed by atoms with E-state index < -0.39 is 11.7 Å². The highest BCUT2D eigenvalue weighted by molar-refractivity contribution is 6.03. The van der Waals surface area contributed by atoms with Crippen molar-refractivity contribution in [1.29, 1.82) is 0 Å². The molecule has 7 nitrogen and oxygen atoms in total. The monoisotopic (exact) mass is 423 g/mol. The van der Waals surface area contributed by atoms with Crippen LogP contribution in [0.5, 0.6) is 0 Å². The molecule has 2 fully saturated rings. The van der Waals surface area contributed by atoms with Crippen LogP contribution in [0, 0.1) is 5.82 Å². The van der Waals surface area contributed by atoms with Crippen LogP contribution in [0.15, 0.2) is 41.4 Å². The van der Waals surface area contributed by atoms with Gasteiger partial charge in [0.25, 0.3) is 11.8 Å². The van der Waals surface area contributed by atoms with E-state index in [1.165, 1.54) is 6.07 Å². The quantitative estimate of drug-likeness (QED) is 0.572. The first-order valence-corrected chi connectivity index (χ1v) is 10.5. The van der Waals surface area contributed by atoms with Gasteiger partial charge in [0.1, 0.15) is 5.82 Å². The van der Waals surface area contributed by atoms with Gasteiger partial charge in [-0.15, -0.1) is 0 Å². The number of carbonyl (C=O) groups is 2. The number of nitrogens with one attached hydrogen (secondary N) is 4. The van der Waals surface area contributed by atoms with E-state index in [9.17, 15) is 9.59 Å². The number of aliphatic imine (C=N–C) groups is 1. The van der Waals surface area contributed by atoms with Crippen molar-refractivity contribution in [2.24, 2.45) is 4.99 Å². The molecule has 0 bridgehead atoms. The summed E-state index contributed by atoms with van der Waals surface area (Å²) in [6, 6.07) is 9.90. The lowest BCUT2D eigenvalue weighted by Crippen LogP contribution is -2.30. The van der Waals surface area contributed by atoms with Crippen LogP contribution in [-0.2, 0) is 0 Å². The Bertz CT molecular complexity index is 1040. The minimum atomic E-state index is -0.516. The van der Waals surface area contributed by atoms with Crippen LogP contribution in [-0.4, -0.2) is 36.9 Å².